The summed E-state index contributed by atoms with van der Waals surface area (Å²) in [6, 6.07) is 5.37. The van der Waals surface area contributed by atoms with Crippen molar-refractivity contribution >= 4 is 50.7 Å². The standard InChI is InChI=1S/C25H29ClN6O5S/c1-15-14-32-22(27-23(15)30-11-5-7-21(30)25(34)35)13-19(28-32)20-6-3-4-10-31(20)24(33)17-12-16(26)8-9-18(17)29-38(2,36)37/h8-9,12-14,20-21,29H,3-7,10-11H2,1-2H3,(H,34,35)/t20-,21+/m0/s1. The molecule has 11 nitrogen and oxygen atoms in total. The Morgan fingerprint density at radius 3 is 2.66 bits per heavy atom. The summed E-state index contributed by atoms with van der Waals surface area (Å²) in [5.74, 6) is -0.577. The number of aliphatic carboxylic acids is 1. The van der Waals surface area contributed by atoms with Crippen molar-refractivity contribution in [2.45, 2.75) is 51.1 Å². The molecule has 0 saturated carbocycles. The summed E-state index contributed by atoms with van der Waals surface area (Å²) in [6.45, 7) is 2.98. The second-order valence-electron chi connectivity index (χ2n) is 9.88. The summed E-state index contributed by atoms with van der Waals surface area (Å²) >= 11 is 6.18. The molecule has 1 aromatic carbocycles. The van der Waals surface area contributed by atoms with Gasteiger partial charge in [0.15, 0.2) is 5.65 Å². The van der Waals surface area contributed by atoms with Crippen LogP contribution in [0.3, 0.4) is 0 Å². The van der Waals surface area contributed by atoms with Gasteiger partial charge in [-0.2, -0.15) is 5.10 Å². The minimum Gasteiger partial charge on any atom is -0.480 e. The minimum atomic E-state index is -3.61. The Kier molecular flexibility index (Phi) is 6.95. The Bertz CT molecular complexity index is 1520. The van der Waals surface area contributed by atoms with Gasteiger partial charge in [0.25, 0.3) is 5.91 Å². The van der Waals surface area contributed by atoms with Gasteiger partial charge in [-0.25, -0.2) is 22.7 Å². The van der Waals surface area contributed by atoms with Gasteiger partial charge in [-0.05, 0) is 57.2 Å². The van der Waals surface area contributed by atoms with E-state index in [0.717, 1.165) is 31.1 Å². The molecule has 4 heterocycles. The molecule has 2 saturated heterocycles. The van der Waals surface area contributed by atoms with E-state index in [9.17, 15) is 23.1 Å². The molecule has 3 aromatic rings. The third-order valence-corrected chi connectivity index (χ3v) is 7.87. The molecule has 13 heteroatoms. The van der Waals surface area contributed by atoms with Gasteiger partial charge in [0.2, 0.25) is 10.0 Å². The van der Waals surface area contributed by atoms with E-state index in [2.05, 4.69) is 4.72 Å². The van der Waals surface area contributed by atoms with E-state index in [1.165, 1.54) is 18.2 Å². The first-order valence-electron chi connectivity index (χ1n) is 12.5. The highest BCUT2D eigenvalue weighted by Gasteiger charge is 2.34. The summed E-state index contributed by atoms with van der Waals surface area (Å²) in [5, 5.41) is 14.7. The maximum atomic E-state index is 13.8. The number of hydrogen-bond donors (Lipinski definition) is 2. The number of aryl methyl sites for hydroxylation is 1. The summed E-state index contributed by atoms with van der Waals surface area (Å²) in [5.41, 5.74) is 2.38. The van der Waals surface area contributed by atoms with Gasteiger partial charge >= 0.3 is 5.97 Å². The quantitative estimate of drug-likeness (QED) is 0.467. The molecule has 2 aromatic heterocycles. The predicted molar refractivity (Wildman–Crippen MR) is 143 cm³/mol. The lowest BCUT2D eigenvalue weighted by molar-refractivity contribution is -0.138. The number of rotatable bonds is 6. The molecular weight excluding hydrogens is 532 g/mol. The summed E-state index contributed by atoms with van der Waals surface area (Å²) in [6.07, 6.45) is 6.61. The number of fused-ring (bicyclic) bond motifs is 1. The number of hydrogen-bond acceptors (Lipinski definition) is 7. The third kappa shape index (κ3) is 5.14. The van der Waals surface area contributed by atoms with Crippen molar-refractivity contribution in [3.05, 3.63) is 52.3 Å². The second-order valence-corrected chi connectivity index (χ2v) is 12.1. The Balaban J connectivity index is 1.50. The SMILES string of the molecule is Cc1cn2nc([C@@H]3CCCCN3C(=O)c3cc(Cl)ccc3NS(C)(=O)=O)cc2nc1N1CCC[C@@H]1C(=O)O. The monoisotopic (exact) mass is 560 g/mol. The first-order chi connectivity index (χ1) is 18.0. The largest absolute Gasteiger partial charge is 0.480 e. The highest BCUT2D eigenvalue weighted by atomic mass is 35.5. The van der Waals surface area contributed by atoms with Crippen molar-refractivity contribution in [2.75, 3.05) is 29.0 Å². The smallest absolute Gasteiger partial charge is 0.326 e. The van der Waals surface area contributed by atoms with Gasteiger partial charge in [-0.3, -0.25) is 9.52 Å². The first-order valence-corrected chi connectivity index (χ1v) is 14.7. The van der Waals surface area contributed by atoms with Crippen LogP contribution in [0.2, 0.25) is 5.02 Å². The van der Waals surface area contributed by atoms with Crippen LogP contribution in [0.5, 0.6) is 0 Å². The average molecular weight is 561 g/mol. The maximum absolute atomic E-state index is 13.8. The van der Waals surface area contributed by atoms with Crippen LogP contribution in [0.15, 0.2) is 30.5 Å². The average Bonchev–Trinajstić information content (AvgIpc) is 3.50. The summed E-state index contributed by atoms with van der Waals surface area (Å²) in [7, 11) is -3.61. The van der Waals surface area contributed by atoms with Gasteiger partial charge in [0.1, 0.15) is 11.9 Å². The highest BCUT2D eigenvalue weighted by molar-refractivity contribution is 7.92. The molecule has 0 spiro atoms. The number of carboxylic acids is 1. The van der Waals surface area contributed by atoms with Crippen LogP contribution in [-0.4, -0.2) is 70.3 Å². The molecule has 0 bridgehead atoms. The number of piperidine rings is 1. The zero-order valence-electron chi connectivity index (χ0n) is 21.1. The van der Waals surface area contributed by atoms with Gasteiger partial charge in [-0.1, -0.05) is 11.6 Å². The number of anilines is 2. The molecular formula is C25H29ClN6O5S. The van der Waals surface area contributed by atoms with Crippen LogP contribution in [0, 0.1) is 6.92 Å². The number of sulfonamides is 1. The Morgan fingerprint density at radius 1 is 1.13 bits per heavy atom. The van der Waals surface area contributed by atoms with E-state index in [-0.39, 0.29) is 23.2 Å². The molecule has 1 amide bonds. The lowest BCUT2D eigenvalue weighted by Crippen LogP contribution is -2.39. The normalized spacial score (nSPS) is 20.2. The van der Waals surface area contributed by atoms with E-state index in [1.807, 2.05) is 24.1 Å². The number of nitrogens with zero attached hydrogens (tertiary/aromatic N) is 5. The van der Waals surface area contributed by atoms with E-state index in [4.69, 9.17) is 21.7 Å². The topological polar surface area (TPSA) is 137 Å². The molecule has 202 valence electrons. The molecule has 38 heavy (non-hydrogen) atoms. The fourth-order valence-electron chi connectivity index (χ4n) is 5.37. The van der Waals surface area contributed by atoms with Crippen molar-refractivity contribution in [1.29, 1.82) is 0 Å². The molecule has 2 aliphatic heterocycles. The fraction of sp³-hybridized carbons (Fsp3) is 0.440. The number of nitrogens with one attached hydrogen (secondary N) is 1. The van der Waals surface area contributed by atoms with Crippen LogP contribution in [0.25, 0.3) is 5.65 Å². The number of carboxylic acid groups (broad SMARTS) is 1. The summed E-state index contributed by atoms with van der Waals surface area (Å²) < 4.78 is 27.9. The molecule has 0 unspecified atom stereocenters. The molecule has 2 fully saturated rings. The van der Waals surface area contributed by atoms with Crippen molar-refractivity contribution in [2.24, 2.45) is 0 Å². The zero-order chi connectivity index (χ0) is 27.2. The Labute approximate surface area is 225 Å². The van der Waals surface area contributed by atoms with E-state index in [1.54, 1.807) is 9.42 Å². The number of benzene rings is 1. The lowest BCUT2D eigenvalue weighted by atomic mass is 9.98. The van der Waals surface area contributed by atoms with Crippen molar-refractivity contribution in [3.8, 4) is 0 Å². The predicted octanol–water partition coefficient (Wildman–Crippen LogP) is 3.48. The number of halogens is 1. The number of carbonyl (C=O) groups is 2. The first kappa shape index (κ1) is 26.2. The minimum absolute atomic E-state index is 0.168. The van der Waals surface area contributed by atoms with Crippen molar-refractivity contribution < 1.29 is 23.1 Å². The van der Waals surface area contributed by atoms with Crippen LogP contribution in [0.1, 0.15) is 59.8 Å². The van der Waals surface area contributed by atoms with Crippen LogP contribution >= 0.6 is 11.6 Å². The highest BCUT2D eigenvalue weighted by Crippen LogP contribution is 2.35. The van der Waals surface area contributed by atoms with E-state index >= 15 is 0 Å². The third-order valence-electron chi connectivity index (χ3n) is 7.05. The molecule has 2 atom stereocenters. The fourth-order valence-corrected chi connectivity index (χ4v) is 6.12. The number of carbonyl (C=O) groups excluding carboxylic acids is 1. The Morgan fingerprint density at radius 2 is 1.92 bits per heavy atom. The van der Waals surface area contributed by atoms with Gasteiger partial charge in [0, 0.05) is 35.9 Å². The van der Waals surface area contributed by atoms with E-state index < -0.39 is 22.0 Å². The van der Waals surface area contributed by atoms with Gasteiger partial charge < -0.3 is 14.9 Å². The van der Waals surface area contributed by atoms with Crippen molar-refractivity contribution in [3.63, 3.8) is 0 Å². The Hall–Kier alpha value is -3.38. The second kappa shape index (κ2) is 10.1. The van der Waals surface area contributed by atoms with Crippen LogP contribution < -0.4 is 9.62 Å². The molecule has 5 rings (SSSR count). The lowest BCUT2D eigenvalue weighted by Gasteiger charge is -2.35. The summed E-state index contributed by atoms with van der Waals surface area (Å²) in [4.78, 5) is 33.8. The van der Waals surface area contributed by atoms with Crippen LogP contribution in [-0.2, 0) is 14.8 Å². The van der Waals surface area contributed by atoms with E-state index in [0.29, 0.717) is 48.1 Å². The van der Waals surface area contributed by atoms with Crippen LogP contribution in [0.4, 0.5) is 11.5 Å². The van der Waals surface area contributed by atoms with Crippen molar-refractivity contribution in [1.82, 2.24) is 19.5 Å². The molecule has 2 N–H and O–H groups in total. The molecule has 0 aliphatic carbocycles. The zero-order valence-corrected chi connectivity index (χ0v) is 22.7. The molecule has 2 aliphatic rings. The number of amides is 1. The number of aromatic nitrogens is 3. The maximum Gasteiger partial charge on any atom is 0.326 e. The van der Waals surface area contributed by atoms with Gasteiger partial charge in [0.05, 0.1) is 29.2 Å². The number of likely N-dealkylation sites (tertiary alicyclic amines) is 1. The molecule has 0 radical (unpaired) electrons. The van der Waals surface area contributed by atoms with Gasteiger partial charge in [-0.15, -0.1) is 0 Å².